The van der Waals surface area contributed by atoms with Crippen molar-refractivity contribution in [3.8, 4) is 0 Å². The molecule has 1 aromatic rings. The van der Waals surface area contributed by atoms with Crippen molar-refractivity contribution >= 4 is 11.7 Å². The Balaban J connectivity index is 1.95. The molecule has 98 valence electrons. The number of nitrogens with one attached hydrogen (secondary N) is 1. The van der Waals surface area contributed by atoms with Crippen LogP contribution in [0.15, 0.2) is 24.3 Å². The first-order valence-electron chi connectivity index (χ1n) is 6.66. The van der Waals surface area contributed by atoms with E-state index < -0.39 is 5.97 Å². The highest BCUT2D eigenvalue weighted by Crippen LogP contribution is 2.31. The summed E-state index contributed by atoms with van der Waals surface area (Å²) in [5.41, 5.74) is 1.36. The summed E-state index contributed by atoms with van der Waals surface area (Å²) in [4.78, 5) is 10.8. The van der Waals surface area contributed by atoms with E-state index >= 15 is 0 Å². The van der Waals surface area contributed by atoms with Crippen molar-refractivity contribution in [1.82, 2.24) is 0 Å². The minimum atomic E-state index is -0.873. The quantitative estimate of drug-likeness (QED) is 0.857. The van der Waals surface area contributed by atoms with Crippen molar-refractivity contribution in [2.75, 3.05) is 5.32 Å². The Labute approximate surface area is 108 Å². The van der Waals surface area contributed by atoms with E-state index in [-0.39, 0.29) is 0 Å². The van der Waals surface area contributed by atoms with Crippen LogP contribution in [0.3, 0.4) is 0 Å². The highest BCUT2D eigenvalue weighted by atomic mass is 16.4. The topological polar surface area (TPSA) is 49.3 Å². The lowest BCUT2D eigenvalue weighted by Crippen LogP contribution is -2.30. The Morgan fingerprint density at radius 3 is 2.39 bits per heavy atom. The number of anilines is 1. The van der Waals surface area contributed by atoms with Crippen LogP contribution in [-0.2, 0) is 0 Å². The van der Waals surface area contributed by atoms with Gasteiger partial charge in [0.2, 0.25) is 0 Å². The van der Waals surface area contributed by atoms with E-state index in [0.717, 1.165) is 17.5 Å². The number of hydrogen-bond acceptors (Lipinski definition) is 2. The third kappa shape index (κ3) is 3.03. The zero-order valence-electron chi connectivity index (χ0n) is 11.0. The normalized spacial score (nSPS) is 27.8. The highest BCUT2D eigenvalue weighted by molar-refractivity contribution is 5.87. The number of benzene rings is 1. The molecule has 3 unspecified atom stereocenters. The average Bonchev–Trinajstić information content (AvgIpc) is 2.34. The maximum atomic E-state index is 10.8. The third-order valence-corrected chi connectivity index (χ3v) is 4.10. The van der Waals surface area contributed by atoms with E-state index in [1.807, 2.05) is 12.1 Å². The molecule has 1 aromatic carbocycles. The summed E-state index contributed by atoms with van der Waals surface area (Å²) in [6.45, 7) is 4.63. The van der Waals surface area contributed by atoms with E-state index in [0.29, 0.717) is 11.6 Å². The molecule has 2 rings (SSSR count). The molecule has 1 saturated carbocycles. The summed E-state index contributed by atoms with van der Waals surface area (Å²) >= 11 is 0. The van der Waals surface area contributed by atoms with Gasteiger partial charge in [0.05, 0.1) is 5.56 Å². The van der Waals surface area contributed by atoms with Gasteiger partial charge in [0.25, 0.3) is 0 Å². The van der Waals surface area contributed by atoms with Crippen molar-refractivity contribution in [2.24, 2.45) is 11.8 Å². The lowest BCUT2D eigenvalue weighted by Gasteiger charge is -2.33. The fraction of sp³-hybridized carbons (Fsp3) is 0.533. The first-order valence-corrected chi connectivity index (χ1v) is 6.66. The van der Waals surface area contributed by atoms with Gasteiger partial charge in [-0.1, -0.05) is 13.8 Å². The predicted molar refractivity (Wildman–Crippen MR) is 73.0 cm³/mol. The van der Waals surface area contributed by atoms with Gasteiger partial charge in [-0.25, -0.2) is 4.79 Å². The maximum absolute atomic E-state index is 10.8. The highest BCUT2D eigenvalue weighted by Gasteiger charge is 2.24. The SMILES string of the molecule is CC1CCC(Nc2ccc(C(=O)O)cc2)CC1C. The number of hydrogen-bond donors (Lipinski definition) is 2. The Morgan fingerprint density at radius 1 is 1.17 bits per heavy atom. The van der Waals surface area contributed by atoms with Crippen LogP contribution in [0.2, 0.25) is 0 Å². The summed E-state index contributed by atoms with van der Waals surface area (Å²) < 4.78 is 0. The molecule has 0 aromatic heterocycles. The summed E-state index contributed by atoms with van der Waals surface area (Å²) in [5.74, 6) is 0.702. The number of carboxylic acid groups (broad SMARTS) is 1. The zero-order valence-corrected chi connectivity index (χ0v) is 11.0. The number of carbonyl (C=O) groups is 1. The lowest BCUT2D eigenvalue weighted by molar-refractivity contribution is 0.0697. The van der Waals surface area contributed by atoms with Crippen molar-refractivity contribution in [3.63, 3.8) is 0 Å². The summed E-state index contributed by atoms with van der Waals surface area (Å²) in [7, 11) is 0. The van der Waals surface area contributed by atoms with Crippen LogP contribution in [0.25, 0.3) is 0 Å². The van der Waals surface area contributed by atoms with E-state index in [9.17, 15) is 4.79 Å². The molecule has 1 fully saturated rings. The van der Waals surface area contributed by atoms with E-state index in [2.05, 4.69) is 19.2 Å². The molecule has 18 heavy (non-hydrogen) atoms. The largest absolute Gasteiger partial charge is 0.478 e. The van der Waals surface area contributed by atoms with Crippen LogP contribution >= 0.6 is 0 Å². The van der Waals surface area contributed by atoms with Gasteiger partial charge in [-0.2, -0.15) is 0 Å². The summed E-state index contributed by atoms with van der Waals surface area (Å²) in [5, 5.41) is 12.3. The van der Waals surface area contributed by atoms with Gasteiger partial charge in [-0.05, 0) is 55.4 Å². The Bertz CT molecular complexity index is 413. The van der Waals surface area contributed by atoms with Gasteiger partial charge in [0.15, 0.2) is 0 Å². The van der Waals surface area contributed by atoms with Crippen molar-refractivity contribution in [3.05, 3.63) is 29.8 Å². The zero-order chi connectivity index (χ0) is 13.1. The fourth-order valence-electron chi connectivity index (χ4n) is 2.62. The summed E-state index contributed by atoms with van der Waals surface area (Å²) in [6, 6.07) is 7.53. The van der Waals surface area contributed by atoms with Crippen LogP contribution in [-0.4, -0.2) is 17.1 Å². The Hall–Kier alpha value is -1.51. The molecule has 1 aliphatic carbocycles. The molecule has 0 bridgehead atoms. The second-order valence-electron chi connectivity index (χ2n) is 5.49. The smallest absolute Gasteiger partial charge is 0.335 e. The van der Waals surface area contributed by atoms with E-state index in [1.165, 1.54) is 19.3 Å². The minimum absolute atomic E-state index is 0.339. The lowest BCUT2D eigenvalue weighted by atomic mass is 9.79. The number of rotatable bonds is 3. The number of carboxylic acids is 1. The van der Waals surface area contributed by atoms with E-state index in [4.69, 9.17) is 5.11 Å². The second kappa shape index (κ2) is 5.42. The molecule has 3 heteroatoms. The molecule has 3 nitrogen and oxygen atoms in total. The minimum Gasteiger partial charge on any atom is -0.478 e. The van der Waals surface area contributed by atoms with Gasteiger partial charge in [0, 0.05) is 11.7 Å². The van der Waals surface area contributed by atoms with Crippen LogP contribution < -0.4 is 5.32 Å². The third-order valence-electron chi connectivity index (χ3n) is 4.10. The number of aromatic carboxylic acids is 1. The fourth-order valence-corrected chi connectivity index (χ4v) is 2.62. The molecule has 0 saturated heterocycles. The maximum Gasteiger partial charge on any atom is 0.335 e. The monoisotopic (exact) mass is 247 g/mol. The van der Waals surface area contributed by atoms with Crippen LogP contribution in [0.4, 0.5) is 5.69 Å². The van der Waals surface area contributed by atoms with Crippen molar-refractivity contribution < 1.29 is 9.90 Å². The molecule has 0 amide bonds. The summed E-state index contributed by atoms with van der Waals surface area (Å²) in [6.07, 6.45) is 3.67. The van der Waals surface area contributed by atoms with E-state index in [1.54, 1.807) is 12.1 Å². The predicted octanol–water partition coefficient (Wildman–Crippen LogP) is 3.62. The van der Waals surface area contributed by atoms with Gasteiger partial charge >= 0.3 is 5.97 Å². The van der Waals surface area contributed by atoms with Crippen molar-refractivity contribution in [2.45, 2.75) is 39.2 Å². The Kier molecular flexibility index (Phi) is 3.90. The molecule has 0 radical (unpaired) electrons. The molecule has 0 spiro atoms. The van der Waals surface area contributed by atoms with Gasteiger partial charge in [-0.15, -0.1) is 0 Å². The van der Waals surface area contributed by atoms with Crippen molar-refractivity contribution in [1.29, 1.82) is 0 Å². The molecule has 2 N–H and O–H groups in total. The first kappa shape index (κ1) is 12.9. The van der Waals surface area contributed by atoms with Gasteiger partial charge in [0.1, 0.15) is 0 Å². The molecule has 3 atom stereocenters. The standard InChI is InChI=1S/C15H21NO2/c1-10-3-6-14(9-11(10)2)16-13-7-4-12(5-8-13)15(17)18/h4-5,7-8,10-11,14,16H,3,6,9H2,1-2H3,(H,17,18). The van der Waals surface area contributed by atoms with Crippen LogP contribution in [0, 0.1) is 11.8 Å². The first-order chi connectivity index (χ1) is 8.56. The molecule has 0 heterocycles. The van der Waals surface area contributed by atoms with Gasteiger partial charge in [-0.3, -0.25) is 0 Å². The second-order valence-corrected chi connectivity index (χ2v) is 5.49. The van der Waals surface area contributed by atoms with Crippen LogP contribution in [0.1, 0.15) is 43.5 Å². The average molecular weight is 247 g/mol. The molecule has 0 aliphatic heterocycles. The van der Waals surface area contributed by atoms with Crippen LogP contribution in [0.5, 0.6) is 0 Å². The molecular weight excluding hydrogens is 226 g/mol. The van der Waals surface area contributed by atoms with Gasteiger partial charge < -0.3 is 10.4 Å². The molecule has 1 aliphatic rings. The Morgan fingerprint density at radius 2 is 1.83 bits per heavy atom. The molecular formula is C15H21NO2.